The Morgan fingerprint density at radius 1 is 0.886 bits per heavy atom. The fourth-order valence-electron chi connectivity index (χ4n) is 4.62. The molecule has 0 N–H and O–H groups in total. The van der Waals surface area contributed by atoms with Gasteiger partial charge in [-0.1, -0.05) is 42.5 Å². The second-order valence-electron chi connectivity index (χ2n) is 9.92. The van der Waals surface area contributed by atoms with E-state index >= 15 is 0 Å². The molecule has 35 heavy (non-hydrogen) atoms. The summed E-state index contributed by atoms with van der Waals surface area (Å²) in [4.78, 5) is 42.7. The Labute approximate surface area is 205 Å². The van der Waals surface area contributed by atoms with Crippen molar-refractivity contribution >= 4 is 18.0 Å². The summed E-state index contributed by atoms with van der Waals surface area (Å²) in [5.74, 6) is -0.138. The van der Waals surface area contributed by atoms with Crippen LogP contribution in [-0.2, 0) is 32.0 Å². The SMILES string of the molecule is COC(=O)[C@H]1Cc2ccccc2CN1C(=O)[C@H]1C[C@@H](Oc2ccccc2)CN1C(=O)OC(C)(C)C. The molecule has 2 aromatic rings. The van der Waals surface area contributed by atoms with Crippen LogP contribution in [0.4, 0.5) is 4.79 Å². The van der Waals surface area contributed by atoms with E-state index in [-0.39, 0.29) is 19.0 Å². The van der Waals surface area contributed by atoms with E-state index in [2.05, 4.69) is 0 Å². The summed E-state index contributed by atoms with van der Waals surface area (Å²) in [6, 6.07) is 15.4. The Kier molecular flexibility index (Phi) is 7.00. The summed E-state index contributed by atoms with van der Waals surface area (Å²) in [7, 11) is 1.32. The quantitative estimate of drug-likeness (QED) is 0.622. The topological polar surface area (TPSA) is 85.4 Å². The molecule has 186 valence electrons. The highest BCUT2D eigenvalue weighted by Gasteiger charge is 2.47. The molecule has 2 aliphatic heterocycles. The van der Waals surface area contributed by atoms with Crippen LogP contribution in [0.15, 0.2) is 54.6 Å². The molecule has 1 fully saturated rings. The van der Waals surface area contributed by atoms with Crippen LogP contribution < -0.4 is 4.74 Å². The molecule has 8 heteroatoms. The van der Waals surface area contributed by atoms with Crippen LogP contribution in [0.1, 0.15) is 38.3 Å². The van der Waals surface area contributed by atoms with Crippen LogP contribution in [0, 0.1) is 0 Å². The molecule has 2 amide bonds. The molecule has 0 bridgehead atoms. The normalized spacial score (nSPS) is 21.8. The molecular weight excluding hydrogens is 448 g/mol. The number of hydrogen-bond acceptors (Lipinski definition) is 6. The van der Waals surface area contributed by atoms with Crippen molar-refractivity contribution in [3.05, 3.63) is 65.7 Å². The van der Waals surface area contributed by atoms with Gasteiger partial charge in [-0.2, -0.15) is 0 Å². The number of benzene rings is 2. The zero-order chi connectivity index (χ0) is 25.2. The van der Waals surface area contributed by atoms with E-state index in [1.54, 1.807) is 20.8 Å². The molecule has 3 atom stereocenters. The van der Waals surface area contributed by atoms with E-state index in [0.29, 0.717) is 18.6 Å². The number of rotatable bonds is 4. The van der Waals surface area contributed by atoms with E-state index in [4.69, 9.17) is 14.2 Å². The predicted molar refractivity (Wildman–Crippen MR) is 129 cm³/mol. The lowest BCUT2D eigenvalue weighted by Gasteiger charge is -2.38. The summed E-state index contributed by atoms with van der Waals surface area (Å²) < 4.78 is 16.7. The Morgan fingerprint density at radius 2 is 1.54 bits per heavy atom. The number of esters is 1. The summed E-state index contributed by atoms with van der Waals surface area (Å²) in [5.41, 5.74) is 1.26. The Hall–Kier alpha value is -3.55. The maximum absolute atomic E-state index is 13.9. The molecule has 0 radical (unpaired) electrons. The number of fused-ring (bicyclic) bond motifs is 1. The minimum absolute atomic E-state index is 0.202. The van der Waals surface area contributed by atoms with Gasteiger partial charge < -0.3 is 19.1 Å². The van der Waals surface area contributed by atoms with Crippen molar-refractivity contribution in [3.8, 4) is 5.75 Å². The van der Waals surface area contributed by atoms with Crippen LogP contribution in [0.25, 0.3) is 0 Å². The van der Waals surface area contributed by atoms with E-state index < -0.39 is 35.9 Å². The smallest absolute Gasteiger partial charge is 0.411 e. The number of para-hydroxylation sites is 1. The number of likely N-dealkylation sites (tertiary alicyclic amines) is 1. The average Bonchev–Trinajstić information content (AvgIpc) is 3.25. The number of carbonyl (C=O) groups excluding carboxylic acids is 3. The molecule has 0 aromatic heterocycles. The molecule has 1 saturated heterocycles. The first-order valence-corrected chi connectivity index (χ1v) is 11.8. The van der Waals surface area contributed by atoms with E-state index in [1.807, 2.05) is 54.6 Å². The Balaban J connectivity index is 1.61. The van der Waals surface area contributed by atoms with Crippen molar-refractivity contribution in [1.82, 2.24) is 9.80 Å². The summed E-state index contributed by atoms with van der Waals surface area (Å²) in [6.45, 7) is 5.81. The maximum atomic E-state index is 13.9. The summed E-state index contributed by atoms with van der Waals surface area (Å²) in [5, 5.41) is 0. The third-order valence-electron chi connectivity index (χ3n) is 6.23. The van der Waals surface area contributed by atoms with E-state index in [1.165, 1.54) is 16.9 Å². The molecule has 0 aliphatic carbocycles. The van der Waals surface area contributed by atoms with Gasteiger partial charge in [0.15, 0.2) is 0 Å². The molecule has 0 spiro atoms. The molecule has 0 unspecified atom stereocenters. The van der Waals surface area contributed by atoms with Gasteiger partial charge in [0.05, 0.1) is 13.7 Å². The minimum Gasteiger partial charge on any atom is -0.488 e. The molecular formula is C27H32N2O6. The Morgan fingerprint density at radius 3 is 2.20 bits per heavy atom. The first kappa shape index (κ1) is 24.6. The van der Waals surface area contributed by atoms with Crippen molar-refractivity contribution < 1.29 is 28.6 Å². The molecule has 0 saturated carbocycles. The highest BCUT2D eigenvalue weighted by Crippen LogP contribution is 2.30. The maximum Gasteiger partial charge on any atom is 0.411 e. The largest absolute Gasteiger partial charge is 0.488 e. The number of nitrogens with zero attached hydrogens (tertiary/aromatic N) is 2. The van der Waals surface area contributed by atoms with Crippen LogP contribution in [0.3, 0.4) is 0 Å². The van der Waals surface area contributed by atoms with Gasteiger partial charge in [-0.05, 0) is 44.0 Å². The second kappa shape index (κ2) is 9.98. The number of amides is 2. The zero-order valence-corrected chi connectivity index (χ0v) is 20.6. The lowest BCUT2D eigenvalue weighted by atomic mass is 9.93. The van der Waals surface area contributed by atoms with Gasteiger partial charge >= 0.3 is 12.1 Å². The Bertz CT molecular complexity index is 1080. The lowest BCUT2D eigenvalue weighted by molar-refractivity contribution is -0.155. The fraction of sp³-hybridized carbons (Fsp3) is 0.444. The van der Waals surface area contributed by atoms with E-state index in [0.717, 1.165) is 11.1 Å². The van der Waals surface area contributed by atoms with Gasteiger partial charge in [-0.25, -0.2) is 9.59 Å². The van der Waals surface area contributed by atoms with Crippen LogP contribution in [-0.4, -0.2) is 65.2 Å². The molecule has 8 nitrogen and oxygen atoms in total. The van der Waals surface area contributed by atoms with E-state index in [9.17, 15) is 14.4 Å². The number of ether oxygens (including phenoxy) is 3. The number of carbonyl (C=O) groups is 3. The van der Waals surface area contributed by atoms with Gasteiger partial charge in [-0.3, -0.25) is 9.69 Å². The van der Waals surface area contributed by atoms with Crippen LogP contribution in [0.5, 0.6) is 5.75 Å². The van der Waals surface area contributed by atoms with Crippen LogP contribution >= 0.6 is 0 Å². The standard InChI is InChI=1S/C27H32N2O6/c1-27(2,3)35-26(32)29-17-21(34-20-12-6-5-7-13-20)15-22(29)24(30)28-16-19-11-9-8-10-18(19)14-23(28)25(31)33-4/h5-13,21-23H,14-17H2,1-4H3/t21-,22-,23-/m1/s1. The summed E-state index contributed by atoms with van der Waals surface area (Å²) in [6.07, 6.45) is -0.328. The van der Waals surface area contributed by atoms with Crippen molar-refractivity contribution in [2.24, 2.45) is 0 Å². The number of methoxy groups -OCH3 is 1. The van der Waals surface area contributed by atoms with Crippen molar-refractivity contribution in [1.29, 1.82) is 0 Å². The lowest BCUT2D eigenvalue weighted by Crippen LogP contribution is -2.55. The van der Waals surface area contributed by atoms with Crippen molar-refractivity contribution in [2.75, 3.05) is 13.7 Å². The van der Waals surface area contributed by atoms with Gasteiger partial charge in [-0.15, -0.1) is 0 Å². The minimum atomic E-state index is -0.823. The highest BCUT2D eigenvalue weighted by atomic mass is 16.6. The van der Waals surface area contributed by atoms with Crippen LogP contribution in [0.2, 0.25) is 0 Å². The average molecular weight is 481 g/mol. The molecule has 4 rings (SSSR count). The van der Waals surface area contributed by atoms with Gasteiger partial charge in [0.2, 0.25) is 5.91 Å². The van der Waals surface area contributed by atoms with Gasteiger partial charge in [0, 0.05) is 19.4 Å². The third-order valence-corrected chi connectivity index (χ3v) is 6.23. The molecule has 2 aromatic carbocycles. The van der Waals surface area contributed by atoms with Crippen molar-refractivity contribution in [2.45, 2.75) is 63.9 Å². The summed E-state index contributed by atoms with van der Waals surface area (Å²) >= 11 is 0. The van der Waals surface area contributed by atoms with Crippen molar-refractivity contribution in [3.63, 3.8) is 0 Å². The monoisotopic (exact) mass is 480 g/mol. The second-order valence-corrected chi connectivity index (χ2v) is 9.92. The number of hydrogen-bond donors (Lipinski definition) is 0. The first-order chi connectivity index (χ1) is 16.7. The predicted octanol–water partition coefficient (Wildman–Crippen LogP) is 3.57. The fourth-order valence-corrected chi connectivity index (χ4v) is 4.62. The molecule has 2 heterocycles. The highest BCUT2D eigenvalue weighted by molar-refractivity contribution is 5.91. The van der Waals surface area contributed by atoms with Gasteiger partial charge in [0.25, 0.3) is 0 Å². The third kappa shape index (κ3) is 5.58. The zero-order valence-electron chi connectivity index (χ0n) is 20.6. The molecule has 2 aliphatic rings. The first-order valence-electron chi connectivity index (χ1n) is 11.8. The van der Waals surface area contributed by atoms with Gasteiger partial charge in [0.1, 0.15) is 29.5 Å².